The van der Waals surface area contributed by atoms with E-state index >= 15 is 0 Å². The van der Waals surface area contributed by atoms with E-state index in [-0.39, 0.29) is 0 Å². The van der Waals surface area contributed by atoms with Gasteiger partial charge < -0.3 is 9.88 Å². The molecule has 1 aromatic carbocycles. The highest BCUT2D eigenvalue weighted by Crippen LogP contribution is 2.34. The lowest BCUT2D eigenvalue weighted by Gasteiger charge is -2.07. The van der Waals surface area contributed by atoms with Gasteiger partial charge in [0.05, 0.1) is 17.6 Å². The van der Waals surface area contributed by atoms with Gasteiger partial charge in [-0.15, -0.1) is 11.3 Å². The van der Waals surface area contributed by atoms with E-state index in [1.54, 1.807) is 11.3 Å². The average Bonchev–Trinajstić information content (AvgIpc) is 3.20. The summed E-state index contributed by atoms with van der Waals surface area (Å²) in [6.45, 7) is 0. The van der Waals surface area contributed by atoms with E-state index in [0.29, 0.717) is 6.04 Å². The van der Waals surface area contributed by atoms with Crippen LogP contribution in [-0.2, 0) is 7.05 Å². The van der Waals surface area contributed by atoms with Crippen molar-refractivity contribution in [3.63, 3.8) is 0 Å². The van der Waals surface area contributed by atoms with Crippen LogP contribution in [0.5, 0.6) is 0 Å². The van der Waals surface area contributed by atoms with Crippen LogP contribution in [0.2, 0.25) is 0 Å². The molecule has 3 heterocycles. The van der Waals surface area contributed by atoms with Gasteiger partial charge >= 0.3 is 0 Å². The van der Waals surface area contributed by atoms with Crippen LogP contribution in [0, 0.1) is 0 Å². The summed E-state index contributed by atoms with van der Waals surface area (Å²) in [5, 5.41) is 6.58. The SMILES string of the molecule is Cn1ccc2nc(-c3ccccc3-c3csc(NC4CC4)n3)cnc21. The minimum Gasteiger partial charge on any atom is -0.359 e. The Morgan fingerprint density at radius 1 is 1.08 bits per heavy atom. The summed E-state index contributed by atoms with van der Waals surface area (Å²) in [6.07, 6.45) is 6.32. The van der Waals surface area contributed by atoms with E-state index < -0.39 is 0 Å². The van der Waals surface area contributed by atoms with Gasteiger partial charge in [0.1, 0.15) is 5.52 Å². The highest BCUT2D eigenvalue weighted by Gasteiger charge is 2.22. The highest BCUT2D eigenvalue weighted by molar-refractivity contribution is 7.14. The molecule has 6 heteroatoms. The third-order valence-electron chi connectivity index (χ3n) is 4.46. The van der Waals surface area contributed by atoms with Gasteiger partial charge in [-0.2, -0.15) is 0 Å². The summed E-state index contributed by atoms with van der Waals surface area (Å²) < 4.78 is 1.98. The predicted octanol–water partition coefficient (Wildman–Crippen LogP) is 4.33. The fourth-order valence-corrected chi connectivity index (χ4v) is 3.75. The summed E-state index contributed by atoms with van der Waals surface area (Å²) >= 11 is 1.66. The van der Waals surface area contributed by atoms with Crippen molar-refractivity contribution in [3.05, 3.63) is 48.1 Å². The van der Waals surface area contributed by atoms with Gasteiger partial charge in [0.2, 0.25) is 0 Å². The molecule has 5 rings (SSSR count). The molecule has 1 fully saturated rings. The van der Waals surface area contributed by atoms with Crippen molar-refractivity contribution in [2.75, 3.05) is 5.32 Å². The lowest BCUT2D eigenvalue weighted by molar-refractivity contribution is 0.946. The van der Waals surface area contributed by atoms with E-state index in [0.717, 1.165) is 38.8 Å². The first-order valence-electron chi connectivity index (χ1n) is 8.38. The highest BCUT2D eigenvalue weighted by atomic mass is 32.1. The Hall–Kier alpha value is -2.73. The van der Waals surface area contributed by atoms with Gasteiger partial charge in [0.25, 0.3) is 0 Å². The molecule has 0 radical (unpaired) electrons. The quantitative estimate of drug-likeness (QED) is 0.597. The lowest BCUT2D eigenvalue weighted by Crippen LogP contribution is -1.99. The Kier molecular flexibility index (Phi) is 3.31. The smallest absolute Gasteiger partial charge is 0.183 e. The fraction of sp³-hybridized carbons (Fsp3) is 0.211. The zero-order valence-electron chi connectivity index (χ0n) is 13.8. The number of fused-ring (bicyclic) bond motifs is 1. The van der Waals surface area contributed by atoms with Crippen LogP contribution >= 0.6 is 11.3 Å². The first-order valence-corrected chi connectivity index (χ1v) is 9.26. The van der Waals surface area contributed by atoms with Crippen molar-refractivity contribution in [2.24, 2.45) is 7.05 Å². The molecule has 0 atom stereocenters. The van der Waals surface area contributed by atoms with Crippen LogP contribution in [0.4, 0.5) is 5.13 Å². The number of hydrogen-bond acceptors (Lipinski definition) is 5. The van der Waals surface area contributed by atoms with E-state index in [1.165, 1.54) is 12.8 Å². The third-order valence-corrected chi connectivity index (χ3v) is 5.23. The van der Waals surface area contributed by atoms with E-state index in [4.69, 9.17) is 9.97 Å². The van der Waals surface area contributed by atoms with Crippen molar-refractivity contribution in [2.45, 2.75) is 18.9 Å². The van der Waals surface area contributed by atoms with Crippen molar-refractivity contribution in [1.82, 2.24) is 19.5 Å². The number of benzene rings is 1. The van der Waals surface area contributed by atoms with Crippen LogP contribution in [0.3, 0.4) is 0 Å². The topological polar surface area (TPSA) is 55.6 Å². The van der Waals surface area contributed by atoms with Gasteiger partial charge in [0.15, 0.2) is 10.8 Å². The normalized spacial score (nSPS) is 14.1. The first-order chi connectivity index (χ1) is 12.3. The van der Waals surface area contributed by atoms with Crippen molar-refractivity contribution in [3.8, 4) is 22.5 Å². The van der Waals surface area contributed by atoms with Crippen molar-refractivity contribution in [1.29, 1.82) is 0 Å². The van der Waals surface area contributed by atoms with Crippen LogP contribution in [0.25, 0.3) is 33.7 Å². The zero-order chi connectivity index (χ0) is 16.8. The minimum absolute atomic E-state index is 0.612. The Bertz CT molecular complexity index is 1060. The summed E-state index contributed by atoms with van der Waals surface area (Å²) in [5.41, 5.74) is 5.81. The van der Waals surface area contributed by atoms with Gasteiger partial charge in [-0.3, -0.25) is 0 Å². The van der Waals surface area contributed by atoms with E-state index in [9.17, 15) is 0 Å². The monoisotopic (exact) mass is 347 g/mol. The number of nitrogens with zero attached hydrogens (tertiary/aromatic N) is 4. The van der Waals surface area contributed by atoms with Crippen LogP contribution in [0.15, 0.2) is 48.1 Å². The largest absolute Gasteiger partial charge is 0.359 e. The second-order valence-corrected chi connectivity index (χ2v) is 7.25. The first kappa shape index (κ1) is 14.6. The number of aromatic nitrogens is 4. The van der Waals surface area contributed by atoms with Crippen molar-refractivity contribution >= 4 is 27.6 Å². The summed E-state index contributed by atoms with van der Waals surface area (Å²) in [4.78, 5) is 14.1. The standard InChI is InChI=1S/C19H17N5S/c1-24-9-8-15-18(24)20-10-16(22-15)13-4-2-3-5-14(13)17-11-25-19(23-17)21-12-6-7-12/h2-5,8-12H,6-7H2,1H3,(H,21,23). The second-order valence-electron chi connectivity index (χ2n) is 6.39. The molecule has 0 bridgehead atoms. The Morgan fingerprint density at radius 2 is 1.88 bits per heavy atom. The maximum absolute atomic E-state index is 4.79. The van der Waals surface area contributed by atoms with E-state index in [1.807, 2.05) is 42.2 Å². The predicted molar refractivity (Wildman–Crippen MR) is 102 cm³/mol. The molecule has 4 aromatic rings. The van der Waals surface area contributed by atoms with Crippen LogP contribution < -0.4 is 5.32 Å². The molecule has 1 aliphatic carbocycles. The lowest BCUT2D eigenvalue weighted by atomic mass is 10.0. The summed E-state index contributed by atoms with van der Waals surface area (Å²) in [7, 11) is 1.98. The number of thiazole rings is 1. The van der Waals surface area contributed by atoms with Crippen LogP contribution in [0.1, 0.15) is 12.8 Å². The minimum atomic E-state index is 0.612. The van der Waals surface area contributed by atoms with Gasteiger partial charge in [-0.25, -0.2) is 15.0 Å². The Morgan fingerprint density at radius 3 is 2.68 bits per heavy atom. The Labute approximate surface area is 149 Å². The summed E-state index contributed by atoms with van der Waals surface area (Å²) in [5.74, 6) is 0. The number of hydrogen-bond donors (Lipinski definition) is 1. The van der Waals surface area contributed by atoms with E-state index in [2.05, 4.69) is 27.8 Å². The number of aryl methyl sites for hydroxylation is 1. The number of rotatable bonds is 4. The van der Waals surface area contributed by atoms with Crippen LogP contribution in [-0.4, -0.2) is 25.6 Å². The molecular weight excluding hydrogens is 330 g/mol. The van der Waals surface area contributed by atoms with Gasteiger partial charge in [-0.1, -0.05) is 24.3 Å². The van der Waals surface area contributed by atoms with Crippen molar-refractivity contribution < 1.29 is 0 Å². The number of anilines is 1. The molecule has 5 nitrogen and oxygen atoms in total. The van der Waals surface area contributed by atoms with Gasteiger partial charge in [0, 0.05) is 35.8 Å². The maximum atomic E-state index is 4.79. The molecule has 0 aliphatic heterocycles. The molecule has 1 N–H and O–H groups in total. The molecule has 0 unspecified atom stereocenters. The molecule has 124 valence electrons. The molecule has 3 aromatic heterocycles. The summed E-state index contributed by atoms with van der Waals surface area (Å²) in [6, 6.07) is 10.9. The molecule has 0 spiro atoms. The molecule has 25 heavy (non-hydrogen) atoms. The third kappa shape index (κ3) is 2.68. The average molecular weight is 347 g/mol. The second kappa shape index (κ2) is 5.67. The molecule has 0 saturated heterocycles. The molecular formula is C19H17N5S. The fourth-order valence-electron chi connectivity index (χ4n) is 2.96. The molecule has 0 amide bonds. The zero-order valence-corrected chi connectivity index (χ0v) is 14.6. The van der Waals surface area contributed by atoms with Gasteiger partial charge in [-0.05, 0) is 18.9 Å². The molecule has 1 aliphatic rings. The molecule has 1 saturated carbocycles. The maximum Gasteiger partial charge on any atom is 0.183 e. The number of nitrogens with one attached hydrogen (secondary N) is 1. The Balaban J connectivity index is 1.57.